The van der Waals surface area contributed by atoms with E-state index >= 15 is 0 Å². The Kier molecular flexibility index (Phi) is 7.67. The third-order valence-electron chi connectivity index (χ3n) is 4.40. The maximum absolute atomic E-state index is 8.36. The molecule has 2 atom stereocenters. The van der Waals surface area contributed by atoms with Crippen LogP contribution < -0.4 is 16.4 Å². The Labute approximate surface area is 184 Å². The van der Waals surface area contributed by atoms with Crippen molar-refractivity contribution in [1.82, 2.24) is 10.3 Å². The molecule has 1 saturated heterocycles. The highest BCUT2D eigenvalue weighted by Gasteiger charge is 2.28. The van der Waals surface area contributed by atoms with E-state index in [1.54, 1.807) is 22.7 Å². The third-order valence-corrected chi connectivity index (χ3v) is 7.83. The van der Waals surface area contributed by atoms with Gasteiger partial charge in [0.15, 0.2) is 0 Å². The lowest BCUT2D eigenvalue weighted by molar-refractivity contribution is -0.122. The highest BCUT2D eigenvalue weighted by molar-refractivity contribution is 9.10. The number of nitrogens with one attached hydrogen (secondary N) is 2. The van der Waals surface area contributed by atoms with Gasteiger partial charge in [-0.05, 0) is 46.8 Å². The van der Waals surface area contributed by atoms with Gasteiger partial charge in [0.05, 0.1) is 26.4 Å². The minimum Gasteiger partial charge on any atom is -0.483 e. The lowest BCUT2D eigenvalue weighted by atomic mass is 9.98. The van der Waals surface area contributed by atoms with Crippen molar-refractivity contribution in [3.8, 4) is 0 Å². The second kappa shape index (κ2) is 10.00. The average Bonchev–Trinajstić information content (AvgIpc) is 3.30. The number of rotatable bonds is 4. The molecule has 10 heteroatoms. The summed E-state index contributed by atoms with van der Waals surface area (Å²) in [6.45, 7) is 1.52. The van der Waals surface area contributed by atoms with Crippen LogP contribution in [0, 0.1) is 0 Å². The van der Waals surface area contributed by atoms with Crippen LogP contribution in [0.4, 0.5) is 5.69 Å². The second-order valence-electron chi connectivity index (χ2n) is 6.23. The molecule has 150 valence electrons. The lowest BCUT2D eigenvalue weighted by Crippen LogP contribution is -2.42. The minimum absolute atomic E-state index is 0.121. The SMILES string of the molecule is N[C@@H]1CCCN[C@@H]1c1sc2c(NCc3cccs3)cc(Cl)nc2c1Br.O=CO. The zero-order valence-corrected chi connectivity index (χ0v) is 18.8. The largest absolute Gasteiger partial charge is 0.483 e. The molecule has 0 aliphatic carbocycles. The van der Waals surface area contributed by atoms with Crippen molar-refractivity contribution < 1.29 is 9.90 Å². The van der Waals surface area contributed by atoms with Crippen molar-refractivity contribution in [3.05, 3.63) is 43.0 Å². The number of nitrogens with two attached hydrogens (primary N) is 1. The Morgan fingerprint density at radius 2 is 2.32 bits per heavy atom. The van der Waals surface area contributed by atoms with E-state index in [1.807, 2.05) is 6.07 Å². The molecule has 1 aliphatic heterocycles. The van der Waals surface area contributed by atoms with E-state index in [0.717, 1.165) is 46.3 Å². The van der Waals surface area contributed by atoms with Crippen molar-refractivity contribution in [2.24, 2.45) is 5.73 Å². The Morgan fingerprint density at radius 1 is 1.54 bits per heavy atom. The van der Waals surface area contributed by atoms with Crippen LogP contribution in [0.2, 0.25) is 5.15 Å². The standard InChI is InChI=1S/C17H18BrClN4S2.CH2O2/c18-13-15-16(25-17(13)14-10(20)4-1-5-21-14)11(7-12(19)23-15)22-8-9-3-2-6-24-9;2-1-3/h2-3,6-7,10,14,21H,1,4-5,8,20H2,(H,22,23);1H,(H,2,3)/t10-,14+;/m1./s1. The van der Waals surface area contributed by atoms with Gasteiger partial charge in [0.1, 0.15) is 5.15 Å². The Bertz CT molecular complexity index is 935. The maximum atomic E-state index is 8.36. The minimum atomic E-state index is -0.250. The predicted octanol–water partition coefficient (Wildman–Crippen LogP) is 4.84. The molecule has 0 aromatic carbocycles. The fraction of sp³-hybridized carbons (Fsp3) is 0.333. The van der Waals surface area contributed by atoms with Gasteiger partial charge >= 0.3 is 0 Å². The number of piperidine rings is 1. The molecule has 0 amide bonds. The number of thiophene rings is 2. The molecule has 28 heavy (non-hydrogen) atoms. The fourth-order valence-electron chi connectivity index (χ4n) is 3.15. The lowest BCUT2D eigenvalue weighted by Gasteiger charge is -2.29. The fourth-order valence-corrected chi connectivity index (χ4v) is 6.18. The van der Waals surface area contributed by atoms with Gasteiger partial charge in [0.25, 0.3) is 6.47 Å². The van der Waals surface area contributed by atoms with Gasteiger partial charge in [-0.25, -0.2) is 4.98 Å². The van der Waals surface area contributed by atoms with Crippen LogP contribution in [0.1, 0.15) is 28.6 Å². The first-order chi connectivity index (χ1) is 13.5. The number of fused-ring (bicyclic) bond motifs is 1. The van der Waals surface area contributed by atoms with E-state index < -0.39 is 0 Å². The molecule has 3 aromatic heterocycles. The summed E-state index contributed by atoms with van der Waals surface area (Å²) in [4.78, 5) is 15.4. The number of pyridine rings is 1. The number of halogens is 2. The van der Waals surface area contributed by atoms with Gasteiger partial charge in [-0.3, -0.25) is 4.79 Å². The number of anilines is 1. The zero-order chi connectivity index (χ0) is 20.1. The quantitative estimate of drug-likeness (QED) is 0.300. The number of hydrogen-bond acceptors (Lipinski definition) is 7. The summed E-state index contributed by atoms with van der Waals surface area (Å²) >= 11 is 13.5. The monoisotopic (exact) mass is 502 g/mol. The first-order valence-corrected chi connectivity index (χ1v) is 11.5. The van der Waals surface area contributed by atoms with E-state index in [2.05, 4.69) is 49.1 Å². The van der Waals surface area contributed by atoms with E-state index in [-0.39, 0.29) is 18.6 Å². The number of aromatic nitrogens is 1. The summed E-state index contributed by atoms with van der Waals surface area (Å²) in [6, 6.07) is 6.37. The van der Waals surface area contributed by atoms with Gasteiger partial charge in [-0.1, -0.05) is 17.7 Å². The summed E-state index contributed by atoms with van der Waals surface area (Å²) in [5, 5.41) is 16.5. The molecule has 1 aliphatic rings. The molecular weight excluding hydrogens is 484 g/mol. The molecule has 0 spiro atoms. The number of nitrogens with zero attached hydrogens (tertiary/aromatic N) is 1. The van der Waals surface area contributed by atoms with Gasteiger partial charge in [0, 0.05) is 28.4 Å². The van der Waals surface area contributed by atoms with Crippen LogP contribution in [0.25, 0.3) is 10.2 Å². The zero-order valence-electron chi connectivity index (χ0n) is 14.8. The highest BCUT2D eigenvalue weighted by Crippen LogP contribution is 2.43. The van der Waals surface area contributed by atoms with E-state index in [4.69, 9.17) is 27.2 Å². The summed E-state index contributed by atoms with van der Waals surface area (Å²) in [7, 11) is 0. The number of carboxylic acid groups (broad SMARTS) is 1. The van der Waals surface area contributed by atoms with Crippen molar-refractivity contribution in [1.29, 1.82) is 0 Å². The van der Waals surface area contributed by atoms with Crippen LogP contribution in [-0.2, 0) is 11.3 Å². The predicted molar refractivity (Wildman–Crippen MR) is 121 cm³/mol. The van der Waals surface area contributed by atoms with Crippen LogP contribution in [0.3, 0.4) is 0 Å². The molecular formula is C18H20BrClN4O2S2. The van der Waals surface area contributed by atoms with E-state index in [1.165, 1.54) is 9.75 Å². The molecule has 0 radical (unpaired) electrons. The first kappa shape index (κ1) is 21.5. The van der Waals surface area contributed by atoms with Crippen LogP contribution >= 0.6 is 50.2 Å². The maximum Gasteiger partial charge on any atom is 0.290 e. The normalized spacial score (nSPS) is 19.1. The van der Waals surface area contributed by atoms with Crippen molar-refractivity contribution >= 4 is 72.6 Å². The Morgan fingerprint density at radius 3 is 3.00 bits per heavy atom. The van der Waals surface area contributed by atoms with E-state index in [9.17, 15) is 0 Å². The van der Waals surface area contributed by atoms with Crippen molar-refractivity contribution in [3.63, 3.8) is 0 Å². The molecule has 6 nitrogen and oxygen atoms in total. The van der Waals surface area contributed by atoms with Gasteiger partial charge < -0.3 is 21.5 Å². The van der Waals surface area contributed by atoms with Crippen LogP contribution in [0.15, 0.2) is 28.1 Å². The summed E-state index contributed by atoms with van der Waals surface area (Å²) < 4.78 is 2.12. The molecule has 5 N–H and O–H groups in total. The number of carbonyl (C=O) groups is 1. The first-order valence-electron chi connectivity index (χ1n) is 8.66. The highest BCUT2D eigenvalue weighted by atomic mass is 79.9. The van der Waals surface area contributed by atoms with Gasteiger partial charge in [-0.15, -0.1) is 22.7 Å². The van der Waals surface area contributed by atoms with E-state index in [0.29, 0.717) is 5.15 Å². The van der Waals surface area contributed by atoms with Gasteiger partial charge in [-0.2, -0.15) is 0 Å². The second-order valence-corrected chi connectivity index (χ2v) is 9.49. The molecule has 0 bridgehead atoms. The van der Waals surface area contributed by atoms with Crippen LogP contribution in [-0.4, -0.2) is 29.1 Å². The van der Waals surface area contributed by atoms with Gasteiger partial charge in [0.2, 0.25) is 0 Å². The average molecular weight is 504 g/mol. The molecule has 4 heterocycles. The third kappa shape index (κ3) is 4.84. The summed E-state index contributed by atoms with van der Waals surface area (Å²) in [5.41, 5.74) is 8.28. The molecule has 3 aromatic rings. The Balaban J connectivity index is 0.000000706. The smallest absolute Gasteiger partial charge is 0.290 e. The summed E-state index contributed by atoms with van der Waals surface area (Å²) in [5.74, 6) is 0. The van der Waals surface area contributed by atoms with Crippen molar-refractivity contribution in [2.45, 2.75) is 31.5 Å². The number of hydrogen-bond donors (Lipinski definition) is 4. The molecule has 4 rings (SSSR count). The Hall–Kier alpha value is -1.23. The molecule has 0 unspecified atom stereocenters. The topological polar surface area (TPSA) is 100 Å². The molecule has 0 saturated carbocycles. The summed E-state index contributed by atoms with van der Waals surface area (Å²) in [6.07, 6.45) is 2.16. The van der Waals surface area contributed by atoms with Crippen molar-refractivity contribution in [2.75, 3.05) is 11.9 Å². The van der Waals surface area contributed by atoms with Crippen LogP contribution in [0.5, 0.6) is 0 Å². The molecule has 1 fully saturated rings.